The molecule has 0 amide bonds. The first kappa shape index (κ1) is 32.1. The zero-order valence-electron chi connectivity index (χ0n) is 26.6. The van der Waals surface area contributed by atoms with Crippen LogP contribution in [0.2, 0.25) is 25.7 Å². The molecule has 1 aliphatic rings. The lowest BCUT2D eigenvalue weighted by atomic mass is 9.84. The number of fused-ring (bicyclic) bond motifs is 1. The Bertz CT molecular complexity index is 1730. The van der Waals surface area contributed by atoms with Gasteiger partial charge in [0.1, 0.15) is 23.6 Å². The van der Waals surface area contributed by atoms with Crippen LogP contribution in [-0.4, -0.2) is 48.5 Å². The van der Waals surface area contributed by atoms with E-state index in [9.17, 15) is 14.4 Å². The maximum absolute atomic E-state index is 13.9. The zero-order chi connectivity index (χ0) is 32.1. The average molecular weight is 628 g/mol. The molecule has 0 spiro atoms. The van der Waals surface area contributed by atoms with Crippen LogP contribution >= 0.6 is 0 Å². The van der Waals surface area contributed by atoms with Crippen molar-refractivity contribution in [3.05, 3.63) is 93.8 Å². The molecule has 4 aromatic rings. The lowest BCUT2D eigenvalue weighted by molar-refractivity contribution is -0.150. The Morgan fingerprint density at radius 1 is 0.978 bits per heavy atom. The third kappa shape index (κ3) is 7.86. The van der Waals surface area contributed by atoms with Crippen LogP contribution < -0.4 is 15.0 Å². The summed E-state index contributed by atoms with van der Waals surface area (Å²) in [6.07, 6.45) is 1.10. The summed E-state index contributed by atoms with van der Waals surface area (Å²) in [5.74, 6) is -0.660. The van der Waals surface area contributed by atoms with Gasteiger partial charge < -0.3 is 14.2 Å². The molecule has 1 aliphatic carbocycles. The third-order valence-corrected chi connectivity index (χ3v) is 10.2. The van der Waals surface area contributed by atoms with Gasteiger partial charge in [-0.25, -0.2) is 4.68 Å². The van der Waals surface area contributed by atoms with Gasteiger partial charge in [-0.1, -0.05) is 48.6 Å². The van der Waals surface area contributed by atoms with Crippen molar-refractivity contribution in [3.63, 3.8) is 0 Å². The van der Waals surface area contributed by atoms with E-state index in [2.05, 4.69) is 30.0 Å². The first-order valence-electron chi connectivity index (χ1n) is 15.4. The number of aryl methyl sites for hydroxylation is 1. The highest BCUT2D eigenvalue weighted by Gasteiger charge is 2.46. The largest absolute Gasteiger partial charge is 0.497 e. The summed E-state index contributed by atoms with van der Waals surface area (Å²) in [5.41, 5.74) is 2.69. The minimum absolute atomic E-state index is 0.114. The highest BCUT2D eigenvalue weighted by atomic mass is 28.3. The number of carbonyl (C=O) groups excluding carboxylic acids is 2. The molecular weight excluding hydrogens is 586 g/mol. The van der Waals surface area contributed by atoms with Crippen LogP contribution in [0.5, 0.6) is 11.5 Å². The zero-order valence-corrected chi connectivity index (χ0v) is 27.6. The number of hydrogen-bond acceptors (Lipinski definition) is 8. The molecule has 0 bridgehead atoms. The number of aromatic nitrogens is 3. The fourth-order valence-electron chi connectivity index (χ4n) is 5.88. The molecule has 1 saturated carbocycles. The Hall–Kier alpha value is -4.31. The average Bonchev–Trinajstić information content (AvgIpc) is 3.44. The lowest BCUT2D eigenvalue weighted by Crippen LogP contribution is -2.36. The number of benzene rings is 3. The van der Waals surface area contributed by atoms with E-state index in [4.69, 9.17) is 14.2 Å². The second-order valence-corrected chi connectivity index (χ2v) is 18.7. The second-order valence-electron chi connectivity index (χ2n) is 13.1. The summed E-state index contributed by atoms with van der Waals surface area (Å²) in [4.78, 5) is 40.8. The highest BCUT2D eigenvalue weighted by molar-refractivity contribution is 6.76. The number of esters is 1. The Morgan fingerprint density at radius 3 is 2.49 bits per heavy atom. The van der Waals surface area contributed by atoms with Crippen LogP contribution in [0.4, 0.5) is 0 Å². The van der Waals surface area contributed by atoms with E-state index in [1.165, 1.54) is 4.68 Å². The third-order valence-electron chi connectivity index (χ3n) is 8.46. The number of hydrogen-bond donors (Lipinski definition) is 0. The van der Waals surface area contributed by atoms with Crippen molar-refractivity contribution in [2.45, 2.75) is 58.6 Å². The van der Waals surface area contributed by atoms with Crippen LogP contribution in [0.3, 0.4) is 0 Å². The predicted octanol–water partition coefficient (Wildman–Crippen LogP) is 6.09. The second kappa shape index (κ2) is 13.8. The van der Waals surface area contributed by atoms with Gasteiger partial charge in [-0.2, -0.15) is 0 Å². The quantitative estimate of drug-likeness (QED) is 0.105. The lowest BCUT2D eigenvalue weighted by Gasteiger charge is -2.24. The van der Waals surface area contributed by atoms with E-state index in [1.807, 2.05) is 37.3 Å². The summed E-state index contributed by atoms with van der Waals surface area (Å²) in [6, 6.07) is 21.0. The molecule has 5 rings (SSSR count). The molecule has 3 aromatic carbocycles. The summed E-state index contributed by atoms with van der Waals surface area (Å²) in [7, 11) is 0.187. The van der Waals surface area contributed by atoms with Gasteiger partial charge in [0.2, 0.25) is 0 Å². The van der Waals surface area contributed by atoms with Crippen molar-refractivity contribution in [1.82, 2.24) is 15.0 Å². The Kier molecular flexibility index (Phi) is 9.82. The molecule has 1 heterocycles. The number of ether oxygens (including phenoxy) is 3. The maximum atomic E-state index is 13.9. The van der Waals surface area contributed by atoms with E-state index in [-0.39, 0.29) is 29.8 Å². The van der Waals surface area contributed by atoms with Crippen molar-refractivity contribution >= 4 is 30.7 Å². The highest BCUT2D eigenvalue weighted by Crippen LogP contribution is 2.41. The van der Waals surface area contributed by atoms with Crippen molar-refractivity contribution in [1.29, 1.82) is 0 Å². The first-order chi connectivity index (χ1) is 21.5. The molecule has 45 heavy (non-hydrogen) atoms. The summed E-state index contributed by atoms with van der Waals surface area (Å²) >= 11 is 0. The summed E-state index contributed by atoms with van der Waals surface area (Å²) in [6.45, 7) is 9.46. The molecular formula is C35H41N3O6Si. The fraction of sp³-hybridized carbons (Fsp3) is 0.400. The molecule has 9 nitrogen and oxygen atoms in total. The molecule has 0 N–H and O–H groups in total. The normalized spacial score (nSPS) is 18.1. The van der Waals surface area contributed by atoms with Gasteiger partial charge in [0, 0.05) is 19.6 Å². The molecule has 3 unspecified atom stereocenters. The van der Waals surface area contributed by atoms with E-state index in [0.717, 1.165) is 22.9 Å². The van der Waals surface area contributed by atoms with Gasteiger partial charge in [-0.05, 0) is 85.8 Å². The maximum Gasteiger partial charge on any atom is 0.310 e. The molecule has 3 atom stereocenters. The topological polar surface area (TPSA) is 110 Å². The smallest absolute Gasteiger partial charge is 0.310 e. The minimum Gasteiger partial charge on any atom is -0.497 e. The molecule has 1 fully saturated rings. The monoisotopic (exact) mass is 627 g/mol. The standard InChI is InChI=1S/C35H41N3O6Si/c1-23-9-16-31-30(19-23)34(40)38(37-36-31)21-26-12-15-29(32(26)35(41)43-17-18-45(3,4)5)33(39)25-10-13-27(14-11-25)44-22-24-7-6-8-28(20-24)42-2/h6-11,13-14,16,19-20,26,29,32H,12,15,17-18,21-22H2,1-5H3. The summed E-state index contributed by atoms with van der Waals surface area (Å²) in [5, 5.41) is 8.90. The predicted molar refractivity (Wildman–Crippen MR) is 175 cm³/mol. The van der Waals surface area contributed by atoms with Gasteiger partial charge in [0.05, 0.1) is 31.6 Å². The Morgan fingerprint density at radius 2 is 1.76 bits per heavy atom. The minimum atomic E-state index is -1.44. The van der Waals surface area contributed by atoms with Crippen molar-refractivity contribution in [2.75, 3.05) is 13.7 Å². The summed E-state index contributed by atoms with van der Waals surface area (Å²) < 4.78 is 18.3. The van der Waals surface area contributed by atoms with Gasteiger partial charge in [-0.3, -0.25) is 14.4 Å². The fourth-order valence-corrected chi connectivity index (χ4v) is 6.60. The van der Waals surface area contributed by atoms with Gasteiger partial charge in [0.15, 0.2) is 5.78 Å². The number of Topliss-reactive ketones (excluding diaryl/α,β-unsaturated/α-hetero) is 1. The van der Waals surface area contributed by atoms with E-state index < -0.39 is 19.9 Å². The molecule has 0 radical (unpaired) electrons. The van der Waals surface area contributed by atoms with Crippen LogP contribution in [0.1, 0.15) is 34.3 Å². The van der Waals surface area contributed by atoms with Gasteiger partial charge >= 0.3 is 5.97 Å². The van der Waals surface area contributed by atoms with Crippen molar-refractivity contribution in [3.8, 4) is 11.5 Å². The SMILES string of the molecule is COc1cccc(COc2ccc(C(=O)C3CCC(Cn4nnc5ccc(C)cc5c4=O)C3C(=O)OCC[Si](C)(C)C)cc2)c1. The number of carbonyl (C=O) groups is 2. The number of ketones is 1. The van der Waals surface area contributed by atoms with E-state index in [0.29, 0.717) is 48.3 Å². The van der Waals surface area contributed by atoms with Gasteiger partial charge in [-0.15, -0.1) is 5.10 Å². The van der Waals surface area contributed by atoms with E-state index in [1.54, 1.807) is 43.5 Å². The Labute approximate surface area is 264 Å². The molecule has 1 aromatic heterocycles. The Balaban J connectivity index is 1.33. The number of rotatable bonds is 12. The molecule has 10 heteroatoms. The molecule has 0 saturated heterocycles. The number of methoxy groups -OCH3 is 1. The van der Waals surface area contributed by atoms with Crippen LogP contribution in [-0.2, 0) is 22.7 Å². The van der Waals surface area contributed by atoms with Crippen LogP contribution in [0, 0.1) is 24.7 Å². The van der Waals surface area contributed by atoms with Crippen molar-refractivity contribution in [2.24, 2.45) is 17.8 Å². The van der Waals surface area contributed by atoms with Crippen molar-refractivity contribution < 1.29 is 23.8 Å². The van der Waals surface area contributed by atoms with Gasteiger partial charge in [0.25, 0.3) is 5.56 Å². The molecule has 0 aliphatic heterocycles. The molecule has 236 valence electrons. The first-order valence-corrected chi connectivity index (χ1v) is 19.1. The van der Waals surface area contributed by atoms with Crippen LogP contribution in [0.25, 0.3) is 10.9 Å². The van der Waals surface area contributed by atoms with E-state index >= 15 is 0 Å². The number of nitrogens with zero attached hydrogens (tertiary/aromatic N) is 3. The van der Waals surface area contributed by atoms with Crippen LogP contribution in [0.15, 0.2) is 71.5 Å².